The van der Waals surface area contributed by atoms with Gasteiger partial charge in [-0.3, -0.25) is 0 Å². The van der Waals surface area contributed by atoms with Gasteiger partial charge in [-0.1, -0.05) is 62.5 Å². The molecule has 0 spiro atoms. The van der Waals surface area contributed by atoms with Crippen LogP contribution in [-0.2, 0) is 0 Å². The number of rotatable bonds is 5. The maximum Gasteiger partial charge on any atom is 0.000895 e. The lowest BCUT2D eigenvalue weighted by molar-refractivity contribution is 0.330. The molecule has 20 heavy (non-hydrogen) atoms. The maximum atomic E-state index is 4.29. The smallest absolute Gasteiger partial charge is 0.000895 e. The Morgan fingerprint density at radius 2 is 2.05 bits per heavy atom. The summed E-state index contributed by atoms with van der Waals surface area (Å²) in [7, 11) is -0.355. The molecule has 114 valence electrons. The van der Waals surface area contributed by atoms with Crippen LogP contribution in [-0.4, -0.2) is 18.6 Å². The van der Waals surface area contributed by atoms with Crippen molar-refractivity contribution in [3.05, 3.63) is 36.5 Å². The Kier molecular flexibility index (Phi) is 6.14. The van der Waals surface area contributed by atoms with Gasteiger partial charge in [0.2, 0.25) is 0 Å². The van der Waals surface area contributed by atoms with Crippen LogP contribution in [0.3, 0.4) is 0 Å². The lowest BCUT2D eigenvalue weighted by Gasteiger charge is -2.35. The third-order valence-corrected chi connectivity index (χ3v) is 6.59. The third-order valence-electron chi connectivity index (χ3n) is 4.60. The molecular weight excluding hydrogens is 259 g/mol. The molecule has 1 aliphatic rings. The largest absolute Gasteiger partial charge is 0.124 e. The molecule has 0 aromatic carbocycles. The molecule has 0 radical (unpaired) electrons. The second-order valence-corrected chi connectivity index (χ2v) is 9.95. The van der Waals surface area contributed by atoms with Gasteiger partial charge in [-0.25, -0.2) is 0 Å². The van der Waals surface area contributed by atoms with Gasteiger partial charge in [-0.15, -0.1) is 7.55 Å². The summed E-state index contributed by atoms with van der Waals surface area (Å²) < 4.78 is 0. The summed E-state index contributed by atoms with van der Waals surface area (Å²) in [4.78, 5) is 0. The van der Waals surface area contributed by atoms with Gasteiger partial charge in [0.25, 0.3) is 0 Å². The quantitative estimate of drug-likeness (QED) is 0.445. The molecular formula is C19H33P. The fourth-order valence-corrected chi connectivity index (χ4v) is 5.18. The Labute approximate surface area is 127 Å². The Hall–Kier alpha value is -0.480. The SMILES string of the molecule is C=C1C=CC(C)(C)CC1CC(C(=C)C)C(CC)=[PH](C)C. The Morgan fingerprint density at radius 1 is 1.45 bits per heavy atom. The van der Waals surface area contributed by atoms with Gasteiger partial charge in [0, 0.05) is 5.92 Å². The fourth-order valence-electron chi connectivity index (χ4n) is 3.41. The highest BCUT2D eigenvalue weighted by molar-refractivity contribution is 7.57. The second kappa shape index (κ2) is 6.99. The van der Waals surface area contributed by atoms with Gasteiger partial charge >= 0.3 is 0 Å². The molecule has 0 heterocycles. The van der Waals surface area contributed by atoms with Crippen molar-refractivity contribution in [2.24, 2.45) is 17.3 Å². The monoisotopic (exact) mass is 292 g/mol. The van der Waals surface area contributed by atoms with E-state index < -0.39 is 0 Å². The molecule has 0 saturated heterocycles. The Morgan fingerprint density at radius 3 is 2.50 bits per heavy atom. The zero-order valence-electron chi connectivity index (χ0n) is 14.3. The molecule has 2 atom stereocenters. The van der Waals surface area contributed by atoms with Crippen LogP contribution < -0.4 is 0 Å². The van der Waals surface area contributed by atoms with Crippen LogP contribution in [0.4, 0.5) is 0 Å². The minimum absolute atomic E-state index is 0.310. The van der Waals surface area contributed by atoms with Crippen molar-refractivity contribution < 1.29 is 0 Å². The standard InChI is InChI=1S/C19H33P/c1-9-18(20(7)8)17(14(2)3)12-16-13-19(5,6)11-10-15(16)4/h10-11,16-17,20H,2,4,9,12-13H2,1,3,5-8H3. The average Bonchev–Trinajstić information content (AvgIpc) is 2.32. The molecule has 1 aliphatic carbocycles. The van der Waals surface area contributed by atoms with Gasteiger partial charge in [0.05, 0.1) is 0 Å². The number of allylic oxidation sites excluding steroid dienone is 4. The highest BCUT2D eigenvalue weighted by atomic mass is 31.1. The van der Waals surface area contributed by atoms with Crippen LogP contribution in [0.1, 0.15) is 47.0 Å². The van der Waals surface area contributed by atoms with E-state index in [0.29, 0.717) is 17.3 Å². The zero-order valence-corrected chi connectivity index (χ0v) is 15.3. The fraction of sp³-hybridized carbons (Fsp3) is 0.632. The summed E-state index contributed by atoms with van der Waals surface area (Å²) in [5.41, 5.74) is 2.96. The first-order chi connectivity index (χ1) is 9.18. The summed E-state index contributed by atoms with van der Waals surface area (Å²) >= 11 is 0. The van der Waals surface area contributed by atoms with E-state index in [4.69, 9.17) is 0 Å². The zero-order chi connectivity index (χ0) is 15.5. The predicted octanol–water partition coefficient (Wildman–Crippen LogP) is 5.78. The molecule has 1 rings (SSSR count). The summed E-state index contributed by atoms with van der Waals surface area (Å²) in [5, 5.41) is 1.75. The average molecular weight is 292 g/mol. The van der Waals surface area contributed by atoms with Crippen LogP contribution in [0.15, 0.2) is 36.5 Å². The van der Waals surface area contributed by atoms with Gasteiger partial charge < -0.3 is 0 Å². The molecule has 0 bridgehead atoms. The molecule has 0 aliphatic heterocycles. The van der Waals surface area contributed by atoms with Crippen molar-refractivity contribution >= 4 is 12.8 Å². The van der Waals surface area contributed by atoms with E-state index in [9.17, 15) is 0 Å². The third kappa shape index (κ3) is 4.52. The molecule has 0 saturated carbocycles. The molecule has 0 amide bonds. The highest BCUT2D eigenvalue weighted by Crippen LogP contribution is 2.41. The van der Waals surface area contributed by atoms with Crippen LogP contribution in [0, 0.1) is 17.3 Å². The summed E-state index contributed by atoms with van der Waals surface area (Å²) in [6.07, 6.45) is 8.21. The topological polar surface area (TPSA) is 0 Å². The van der Waals surface area contributed by atoms with Crippen LogP contribution in [0.5, 0.6) is 0 Å². The Bertz CT molecular complexity index is 444. The summed E-state index contributed by atoms with van der Waals surface area (Å²) in [6, 6.07) is 0. The van der Waals surface area contributed by atoms with E-state index in [0.717, 1.165) is 0 Å². The molecule has 1 heteroatoms. The van der Waals surface area contributed by atoms with E-state index >= 15 is 0 Å². The lowest BCUT2D eigenvalue weighted by Crippen LogP contribution is -2.25. The van der Waals surface area contributed by atoms with E-state index in [1.165, 1.54) is 30.4 Å². The summed E-state index contributed by atoms with van der Waals surface area (Å²) in [6.45, 7) is 22.6. The van der Waals surface area contributed by atoms with Crippen molar-refractivity contribution in [2.75, 3.05) is 13.3 Å². The van der Waals surface area contributed by atoms with Crippen molar-refractivity contribution in [1.29, 1.82) is 0 Å². The van der Waals surface area contributed by atoms with Crippen LogP contribution in [0.2, 0.25) is 0 Å². The first-order valence-corrected chi connectivity index (χ1v) is 10.4. The number of hydrogen-bond donors (Lipinski definition) is 0. The molecule has 0 N–H and O–H groups in total. The molecule has 0 aromatic rings. The maximum absolute atomic E-state index is 4.29. The van der Waals surface area contributed by atoms with Gasteiger partial charge in [0.15, 0.2) is 0 Å². The predicted molar refractivity (Wildman–Crippen MR) is 98.6 cm³/mol. The lowest BCUT2D eigenvalue weighted by atomic mass is 9.71. The van der Waals surface area contributed by atoms with E-state index in [-0.39, 0.29) is 7.55 Å². The van der Waals surface area contributed by atoms with Crippen molar-refractivity contribution in [1.82, 2.24) is 0 Å². The molecule has 0 nitrogen and oxygen atoms in total. The van der Waals surface area contributed by atoms with Crippen LogP contribution >= 0.6 is 7.55 Å². The minimum Gasteiger partial charge on any atom is -0.124 e. The Balaban J connectivity index is 2.98. The van der Waals surface area contributed by atoms with Crippen molar-refractivity contribution in [2.45, 2.75) is 47.0 Å². The first-order valence-electron chi connectivity index (χ1n) is 7.87. The van der Waals surface area contributed by atoms with Gasteiger partial charge in [0.1, 0.15) is 0 Å². The van der Waals surface area contributed by atoms with E-state index in [1.807, 2.05) is 0 Å². The van der Waals surface area contributed by atoms with Crippen molar-refractivity contribution in [3.8, 4) is 0 Å². The van der Waals surface area contributed by atoms with Crippen molar-refractivity contribution in [3.63, 3.8) is 0 Å². The van der Waals surface area contributed by atoms with E-state index in [1.54, 1.807) is 5.29 Å². The van der Waals surface area contributed by atoms with Gasteiger partial charge in [-0.05, 0) is 50.8 Å². The van der Waals surface area contributed by atoms with E-state index in [2.05, 4.69) is 66.3 Å². The number of hydrogen-bond acceptors (Lipinski definition) is 0. The molecule has 0 aromatic heterocycles. The first kappa shape index (κ1) is 17.6. The van der Waals surface area contributed by atoms with Gasteiger partial charge in [-0.2, -0.15) is 0 Å². The highest BCUT2D eigenvalue weighted by Gasteiger charge is 2.29. The van der Waals surface area contributed by atoms with Crippen LogP contribution in [0.25, 0.3) is 0 Å². The molecule has 0 fully saturated rings. The normalized spacial score (nSPS) is 22.9. The summed E-state index contributed by atoms with van der Waals surface area (Å²) in [5.74, 6) is 1.20. The second-order valence-electron chi connectivity index (χ2n) is 7.31. The molecule has 2 unspecified atom stereocenters. The minimum atomic E-state index is -0.355.